The fraction of sp³-hybridized carbons (Fsp3) is 0.412. The SMILES string of the molecule is COC(=O)c1ccc(COC(=O)c2cc3c(s2)CCCCC3)o1. The van der Waals surface area contributed by atoms with E-state index in [0.717, 1.165) is 12.8 Å². The molecule has 0 aliphatic heterocycles. The van der Waals surface area contributed by atoms with Gasteiger partial charge in [0.2, 0.25) is 5.76 Å². The summed E-state index contributed by atoms with van der Waals surface area (Å²) in [6.07, 6.45) is 5.71. The van der Waals surface area contributed by atoms with Crippen molar-refractivity contribution >= 4 is 23.3 Å². The summed E-state index contributed by atoms with van der Waals surface area (Å²) in [5.41, 5.74) is 1.28. The van der Waals surface area contributed by atoms with E-state index in [1.807, 2.05) is 6.07 Å². The highest BCUT2D eigenvalue weighted by Crippen LogP contribution is 2.29. The van der Waals surface area contributed by atoms with Crippen LogP contribution >= 0.6 is 11.3 Å². The van der Waals surface area contributed by atoms with Crippen LogP contribution in [0.25, 0.3) is 0 Å². The van der Waals surface area contributed by atoms with E-state index >= 15 is 0 Å². The van der Waals surface area contributed by atoms with Crippen molar-refractivity contribution in [3.8, 4) is 0 Å². The summed E-state index contributed by atoms with van der Waals surface area (Å²) in [6.45, 7) is -0.00159. The number of rotatable bonds is 4. The fourth-order valence-electron chi connectivity index (χ4n) is 2.64. The molecule has 122 valence electrons. The van der Waals surface area contributed by atoms with Crippen LogP contribution in [0.1, 0.15) is 55.7 Å². The largest absolute Gasteiger partial charge is 0.463 e. The number of thiophene rings is 1. The van der Waals surface area contributed by atoms with Crippen molar-refractivity contribution in [3.63, 3.8) is 0 Å². The van der Waals surface area contributed by atoms with Gasteiger partial charge in [0.15, 0.2) is 0 Å². The zero-order valence-electron chi connectivity index (χ0n) is 12.9. The third-order valence-corrected chi connectivity index (χ3v) is 5.06. The highest BCUT2D eigenvalue weighted by atomic mass is 32.1. The Morgan fingerprint density at radius 3 is 2.83 bits per heavy atom. The van der Waals surface area contributed by atoms with E-state index in [2.05, 4.69) is 4.74 Å². The molecule has 2 aromatic heterocycles. The number of aryl methyl sites for hydroxylation is 2. The lowest BCUT2D eigenvalue weighted by Crippen LogP contribution is -2.03. The molecule has 1 aliphatic carbocycles. The second kappa shape index (κ2) is 7.00. The topological polar surface area (TPSA) is 65.7 Å². The van der Waals surface area contributed by atoms with E-state index < -0.39 is 5.97 Å². The van der Waals surface area contributed by atoms with Gasteiger partial charge in [-0.2, -0.15) is 0 Å². The van der Waals surface area contributed by atoms with E-state index in [0.29, 0.717) is 10.6 Å². The van der Waals surface area contributed by atoms with Gasteiger partial charge >= 0.3 is 11.9 Å². The summed E-state index contributed by atoms with van der Waals surface area (Å²) < 4.78 is 15.1. The average Bonchev–Trinajstić information content (AvgIpc) is 3.14. The number of hydrogen-bond donors (Lipinski definition) is 0. The van der Waals surface area contributed by atoms with Gasteiger partial charge in [0.05, 0.1) is 7.11 Å². The zero-order valence-corrected chi connectivity index (χ0v) is 13.7. The van der Waals surface area contributed by atoms with E-state index in [-0.39, 0.29) is 18.3 Å². The van der Waals surface area contributed by atoms with Crippen LogP contribution in [0.15, 0.2) is 22.6 Å². The Hall–Kier alpha value is -2.08. The molecule has 6 heteroatoms. The van der Waals surface area contributed by atoms with Crippen LogP contribution in [-0.4, -0.2) is 19.0 Å². The molecule has 0 radical (unpaired) electrons. The van der Waals surface area contributed by atoms with E-state index in [1.54, 1.807) is 6.07 Å². The van der Waals surface area contributed by atoms with Crippen molar-refractivity contribution in [3.05, 3.63) is 45.0 Å². The Bertz CT molecular complexity index is 689. The van der Waals surface area contributed by atoms with E-state index in [1.165, 1.54) is 54.2 Å². The van der Waals surface area contributed by atoms with Gasteiger partial charge in [-0.25, -0.2) is 9.59 Å². The smallest absolute Gasteiger partial charge is 0.373 e. The van der Waals surface area contributed by atoms with Gasteiger partial charge in [0.25, 0.3) is 0 Å². The highest BCUT2D eigenvalue weighted by molar-refractivity contribution is 7.14. The minimum Gasteiger partial charge on any atom is -0.463 e. The van der Waals surface area contributed by atoms with Crippen molar-refractivity contribution < 1.29 is 23.5 Å². The van der Waals surface area contributed by atoms with Crippen molar-refractivity contribution in [1.82, 2.24) is 0 Å². The average molecular weight is 334 g/mol. The third-order valence-electron chi connectivity index (χ3n) is 3.84. The predicted molar refractivity (Wildman–Crippen MR) is 84.7 cm³/mol. The van der Waals surface area contributed by atoms with Gasteiger partial charge in [-0.3, -0.25) is 0 Å². The lowest BCUT2D eigenvalue weighted by atomic mass is 10.1. The van der Waals surface area contributed by atoms with Crippen LogP contribution in [0, 0.1) is 0 Å². The first kappa shape index (κ1) is 15.8. The first-order valence-electron chi connectivity index (χ1n) is 7.63. The van der Waals surface area contributed by atoms with Crippen LogP contribution in [0.3, 0.4) is 0 Å². The highest BCUT2D eigenvalue weighted by Gasteiger charge is 2.18. The number of ether oxygens (including phenoxy) is 2. The molecule has 0 saturated carbocycles. The van der Waals surface area contributed by atoms with Crippen LogP contribution in [0.4, 0.5) is 0 Å². The maximum absolute atomic E-state index is 12.2. The quantitative estimate of drug-likeness (QED) is 0.629. The number of furan rings is 1. The van der Waals surface area contributed by atoms with Gasteiger partial charge in [-0.15, -0.1) is 11.3 Å². The maximum Gasteiger partial charge on any atom is 0.373 e. The predicted octanol–water partition coefficient (Wildman–Crippen LogP) is 3.75. The summed E-state index contributed by atoms with van der Waals surface area (Å²) in [4.78, 5) is 25.4. The summed E-state index contributed by atoms with van der Waals surface area (Å²) >= 11 is 1.53. The summed E-state index contributed by atoms with van der Waals surface area (Å²) in [5.74, 6) is -0.387. The molecule has 0 bridgehead atoms. The van der Waals surface area contributed by atoms with E-state index in [9.17, 15) is 9.59 Å². The molecule has 0 spiro atoms. The monoisotopic (exact) mass is 334 g/mol. The van der Waals surface area contributed by atoms with Gasteiger partial charge < -0.3 is 13.9 Å². The normalized spacial score (nSPS) is 14.0. The molecule has 1 aliphatic rings. The Morgan fingerprint density at radius 2 is 2.00 bits per heavy atom. The van der Waals surface area contributed by atoms with Crippen molar-refractivity contribution in [1.29, 1.82) is 0 Å². The Kier molecular flexibility index (Phi) is 4.81. The molecular weight excluding hydrogens is 316 g/mol. The molecule has 0 N–H and O–H groups in total. The molecule has 0 amide bonds. The fourth-order valence-corrected chi connectivity index (χ4v) is 3.79. The molecule has 0 atom stereocenters. The van der Waals surface area contributed by atoms with Gasteiger partial charge in [0, 0.05) is 4.88 Å². The molecule has 2 heterocycles. The molecule has 5 nitrogen and oxygen atoms in total. The summed E-state index contributed by atoms with van der Waals surface area (Å²) in [6, 6.07) is 5.06. The standard InChI is InChI=1S/C17H18O5S/c1-20-16(18)13-8-7-12(22-13)10-21-17(19)15-9-11-5-3-2-4-6-14(11)23-15/h7-9H,2-6,10H2,1H3. The van der Waals surface area contributed by atoms with Crippen LogP contribution in [0.2, 0.25) is 0 Å². The first-order chi connectivity index (χ1) is 11.2. The molecule has 2 aromatic rings. The molecule has 23 heavy (non-hydrogen) atoms. The lowest BCUT2D eigenvalue weighted by molar-refractivity contribution is 0.0444. The molecule has 0 saturated heterocycles. The lowest BCUT2D eigenvalue weighted by Gasteiger charge is -2.00. The number of fused-ring (bicyclic) bond motifs is 1. The van der Waals surface area contributed by atoms with Gasteiger partial charge in [-0.1, -0.05) is 6.42 Å². The molecule has 0 aromatic carbocycles. The second-order valence-electron chi connectivity index (χ2n) is 5.45. The van der Waals surface area contributed by atoms with Crippen LogP contribution in [0.5, 0.6) is 0 Å². The number of methoxy groups -OCH3 is 1. The van der Waals surface area contributed by atoms with Crippen molar-refractivity contribution in [2.75, 3.05) is 7.11 Å². The molecular formula is C17H18O5S. The van der Waals surface area contributed by atoms with Gasteiger partial charge in [-0.05, 0) is 49.4 Å². The van der Waals surface area contributed by atoms with Crippen molar-refractivity contribution in [2.45, 2.75) is 38.7 Å². The maximum atomic E-state index is 12.2. The summed E-state index contributed by atoms with van der Waals surface area (Å²) in [7, 11) is 1.28. The van der Waals surface area contributed by atoms with Crippen LogP contribution < -0.4 is 0 Å². The van der Waals surface area contributed by atoms with Gasteiger partial charge in [0.1, 0.15) is 17.2 Å². The van der Waals surface area contributed by atoms with Crippen molar-refractivity contribution in [2.24, 2.45) is 0 Å². The zero-order chi connectivity index (χ0) is 16.2. The number of carbonyl (C=O) groups excluding carboxylic acids is 2. The number of carbonyl (C=O) groups is 2. The minimum atomic E-state index is -0.551. The molecule has 0 fully saturated rings. The Morgan fingerprint density at radius 1 is 1.17 bits per heavy atom. The second-order valence-corrected chi connectivity index (χ2v) is 6.59. The first-order valence-corrected chi connectivity index (χ1v) is 8.45. The third kappa shape index (κ3) is 3.64. The Balaban J connectivity index is 1.61. The Labute approximate surface area is 138 Å². The number of hydrogen-bond acceptors (Lipinski definition) is 6. The van der Waals surface area contributed by atoms with E-state index in [4.69, 9.17) is 9.15 Å². The summed E-state index contributed by atoms with van der Waals surface area (Å²) in [5, 5.41) is 0. The van der Waals surface area contributed by atoms with Crippen LogP contribution in [-0.2, 0) is 28.9 Å². The molecule has 0 unspecified atom stereocenters. The number of esters is 2. The minimum absolute atomic E-state index is 0.00159. The molecule has 3 rings (SSSR count).